The van der Waals surface area contributed by atoms with Crippen LogP contribution >= 0.6 is 11.8 Å². The topological polar surface area (TPSA) is 39.9 Å². The highest BCUT2D eigenvalue weighted by Gasteiger charge is 2.09. The molecule has 1 heterocycles. The van der Waals surface area contributed by atoms with E-state index in [1.54, 1.807) is 11.8 Å². The second-order valence-electron chi connectivity index (χ2n) is 4.84. The fourth-order valence-electron chi connectivity index (χ4n) is 2.20. The molecule has 0 aliphatic rings. The first-order valence-corrected chi connectivity index (χ1v) is 8.23. The summed E-state index contributed by atoms with van der Waals surface area (Å²) in [6.45, 7) is 2.52. The molecule has 2 aromatic carbocycles. The van der Waals surface area contributed by atoms with Gasteiger partial charge in [0, 0.05) is 5.69 Å². The molecule has 4 nitrogen and oxygen atoms in total. The van der Waals surface area contributed by atoms with Crippen LogP contribution in [-0.4, -0.2) is 21.0 Å². The second kappa shape index (κ2) is 6.66. The summed E-state index contributed by atoms with van der Waals surface area (Å²) in [6.07, 6.45) is 2.00. The summed E-state index contributed by atoms with van der Waals surface area (Å²) in [6, 6.07) is 18.1. The van der Waals surface area contributed by atoms with Crippen LogP contribution in [0.1, 0.15) is 11.4 Å². The van der Waals surface area contributed by atoms with E-state index in [1.807, 2.05) is 60.2 Å². The van der Waals surface area contributed by atoms with Gasteiger partial charge in [-0.25, -0.2) is 0 Å². The average molecular weight is 311 g/mol. The Morgan fingerprint density at radius 2 is 1.73 bits per heavy atom. The first-order chi connectivity index (χ1) is 10.8. The van der Waals surface area contributed by atoms with Gasteiger partial charge in [0.2, 0.25) is 0 Å². The molecular formula is C17H17N3OS. The van der Waals surface area contributed by atoms with E-state index in [1.165, 1.54) is 0 Å². The molecule has 0 unspecified atom stereocenters. The van der Waals surface area contributed by atoms with E-state index in [9.17, 15) is 0 Å². The fourth-order valence-corrected chi connectivity index (χ4v) is 2.75. The van der Waals surface area contributed by atoms with Crippen molar-refractivity contribution in [1.29, 1.82) is 0 Å². The van der Waals surface area contributed by atoms with Gasteiger partial charge in [-0.3, -0.25) is 4.57 Å². The van der Waals surface area contributed by atoms with Crippen molar-refractivity contribution < 1.29 is 4.74 Å². The van der Waals surface area contributed by atoms with Crippen LogP contribution < -0.4 is 4.74 Å². The van der Waals surface area contributed by atoms with Crippen molar-refractivity contribution in [2.45, 2.75) is 18.7 Å². The lowest BCUT2D eigenvalue weighted by Gasteiger charge is -2.09. The van der Waals surface area contributed by atoms with Crippen molar-refractivity contribution in [3.05, 3.63) is 66.0 Å². The number of nitrogens with zero attached hydrogens (tertiary/aromatic N) is 3. The van der Waals surface area contributed by atoms with E-state index >= 15 is 0 Å². The van der Waals surface area contributed by atoms with Crippen LogP contribution in [-0.2, 0) is 6.61 Å². The molecule has 5 heteroatoms. The maximum absolute atomic E-state index is 5.81. The zero-order valence-corrected chi connectivity index (χ0v) is 13.4. The standard InChI is InChI=1S/C17H17N3OS/c1-13-18-19-17(22-2)20(13)15-8-10-16(11-9-15)21-12-14-6-4-3-5-7-14/h3-11H,12H2,1-2H3. The number of benzene rings is 2. The Morgan fingerprint density at radius 3 is 2.41 bits per heavy atom. The summed E-state index contributed by atoms with van der Waals surface area (Å²) >= 11 is 1.58. The maximum Gasteiger partial charge on any atom is 0.195 e. The van der Waals surface area contributed by atoms with Gasteiger partial charge in [-0.2, -0.15) is 0 Å². The van der Waals surface area contributed by atoms with E-state index in [0.29, 0.717) is 6.61 Å². The Hall–Kier alpha value is -2.27. The molecule has 0 bridgehead atoms. The minimum Gasteiger partial charge on any atom is -0.489 e. The van der Waals surface area contributed by atoms with Crippen LogP contribution in [0.3, 0.4) is 0 Å². The summed E-state index contributed by atoms with van der Waals surface area (Å²) in [5.74, 6) is 1.73. The second-order valence-corrected chi connectivity index (χ2v) is 5.61. The van der Waals surface area contributed by atoms with Crippen molar-refractivity contribution in [2.75, 3.05) is 6.26 Å². The number of ether oxygens (including phenoxy) is 1. The van der Waals surface area contributed by atoms with Crippen molar-refractivity contribution in [3.8, 4) is 11.4 Å². The third kappa shape index (κ3) is 3.14. The van der Waals surface area contributed by atoms with Gasteiger partial charge >= 0.3 is 0 Å². The average Bonchev–Trinajstić information content (AvgIpc) is 2.95. The zero-order valence-electron chi connectivity index (χ0n) is 12.6. The molecule has 0 aliphatic heterocycles. The lowest BCUT2D eigenvalue weighted by atomic mass is 10.2. The van der Waals surface area contributed by atoms with Gasteiger partial charge in [0.25, 0.3) is 0 Å². The van der Waals surface area contributed by atoms with Crippen LogP contribution in [0.5, 0.6) is 5.75 Å². The molecule has 112 valence electrons. The van der Waals surface area contributed by atoms with Gasteiger partial charge in [0.15, 0.2) is 5.16 Å². The highest BCUT2D eigenvalue weighted by molar-refractivity contribution is 7.98. The molecule has 1 aromatic heterocycles. The number of thioether (sulfide) groups is 1. The molecular weight excluding hydrogens is 294 g/mol. The minimum absolute atomic E-state index is 0.571. The number of rotatable bonds is 5. The molecule has 0 N–H and O–H groups in total. The van der Waals surface area contributed by atoms with Crippen LogP contribution in [0.2, 0.25) is 0 Å². The Morgan fingerprint density at radius 1 is 1.00 bits per heavy atom. The molecule has 0 fully saturated rings. The van der Waals surface area contributed by atoms with Crippen LogP contribution in [0.15, 0.2) is 59.8 Å². The summed E-state index contributed by atoms with van der Waals surface area (Å²) in [7, 11) is 0. The van der Waals surface area contributed by atoms with E-state index < -0.39 is 0 Å². The molecule has 3 aromatic rings. The Bertz CT molecular complexity index is 738. The Balaban J connectivity index is 1.74. The van der Waals surface area contributed by atoms with E-state index in [-0.39, 0.29) is 0 Å². The van der Waals surface area contributed by atoms with Gasteiger partial charge in [0.05, 0.1) is 0 Å². The number of hydrogen-bond donors (Lipinski definition) is 0. The predicted molar refractivity (Wildman–Crippen MR) is 88.7 cm³/mol. The molecule has 0 atom stereocenters. The highest BCUT2D eigenvalue weighted by atomic mass is 32.2. The summed E-state index contributed by atoms with van der Waals surface area (Å²) in [5, 5.41) is 9.16. The van der Waals surface area contributed by atoms with Crippen LogP contribution in [0.25, 0.3) is 5.69 Å². The summed E-state index contributed by atoms with van der Waals surface area (Å²) in [4.78, 5) is 0. The third-order valence-electron chi connectivity index (χ3n) is 3.32. The Labute approximate surface area is 134 Å². The van der Waals surface area contributed by atoms with Gasteiger partial charge in [-0.15, -0.1) is 10.2 Å². The van der Waals surface area contributed by atoms with Crippen LogP contribution in [0.4, 0.5) is 0 Å². The minimum atomic E-state index is 0.571. The van der Waals surface area contributed by atoms with E-state index in [4.69, 9.17) is 4.74 Å². The maximum atomic E-state index is 5.81. The third-order valence-corrected chi connectivity index (χ3v) is 3.95. The quantitative estimate of drug-likeness (QED) is 0.671. The normalized spacial score (nSPS) is 10.6. The van der Waals surface area contributed by atoms with Crippen molar-refractivity contribution in [2.24, 2.45) is 0 Å². The lowest BCUT2D eigenvalue weighted by molar-refractivity contribution is 0.306. The predicted octanol–water partition coefficient (Wildman–Crippen LogP) is 3.88. The highest BCUT2D eigenvalue weighted by Crippen LogP contribution is 2.22. The fraction of sp³-hybridized carbons (Fsp3) is 0.176. The SMILES string of the molecule is CSc1nnc(C)n1-c1ccc(OCc2ccccc2)cc1. The zero-order chi connectivity index (χ0) is 15.4. The molecule has 22 heavy (non-hydrogen) atoms. The first-order valence-electron chi connectivity index (χ1n) is 7.01. The monoisotopic (exact) mass is 311 g/mol. The molecule has 0 spiro atoms. The Kier molecular flexibility index (Phi) is 4.44. The van der Waals surface area contributed by atoms with Crippen molar-refractivity contribution >= 4 is 11.8 Å². The molecule has 0 saturated carbocycles. The lowest BCUT2D eigenvalue weighted by Crippen LogP contribution is -1.99. The molecule has 0 radical (unpaired) electrons. The van der Waals surface area contributed by atoms with E-state index in [2.05, 4.69) is 22.3 Å². The first kappa shape index (κ1) is 14.7. The number of hydrogen-bond acceptors (Lipinski definition) is 4. The smallest absolute Gasteiger partial charge is 0.195 e. The van der Waals surface area contributed by atoms with Crippen LogP contribution in [0, 0.1) is 6.92 Å². The van der Waals surface area contributed by atoms with Gasteiger partial charge in [0.1, 0.15) is 18.2 Å². The van der Waals surface area contributed by atoms with Gasteiger partial charge in [-0.05, 0) is 43.0 Å². The van der Waals surface area contributed by atoms with Crippen molar-refractivity contribution in [3.63, 3.8) is 0 Å². The number of aromatic nitrogens is 3. The molecule has 0 aliphatic carbocycles. The molecule has 0 saturated heterocycles. The summed E-state index contributed by atoms with van der Waals surface area (Å²) in [5.41, 5.74) is 2.20. The van der Waals surface area contributed by atoms with Gasteiger partial charge < -0.3 is 4.74 Å². The molecule has 0 amide bonds. The molecule has 3 rings (SSSR count). The van der Waals surface area contributed by atoms with Gasteiger partial charge in [-0.1, -0.05) is 42.1 Å². The largest absolute Gasteiger partial charge is 0.489 e. The van der Waals surface area contributed by atoms with Crippen molar-refractivity contribution in [1.82, 2.24) is 14.8 Å². The number of aryl methyl sites for hydroxylation is 1. The summed E-state index contributed by atoms with van der Waals surface area (Å²) < 4.78 is 7.84. The van der Waals surface area contributed by atoms with E-state index in [0.717, 1.165) is 28.0 Å².